The van der Waals surface area contributed by atoms with Gasteiger partial charge in [0.05, 0.1) is 5.56 Å². The zero-order valence-corrected chi connectivity index (χ0v) is 9.68. The van der Waals surface area contributed by atoms with E-state index in [1.54, 1.807) is 25.1 Å². The van der Waals surface area contributed by atoms with Crippen molar-refractivity contribution in [1.29, 1.82) is 0 Å². The molecule has 0 aromatic heterocycles. The van der Waals surface area contributed by atoms with Crippen LogP contribution < -0.4 is 0 Å². The minimum atomic E-state index is -0.0580. The molecule has 2 heteroatoms. The lowest BCUT2D eigenvalue weighted by atomic mass is 10.0. The zero-order valence-electron chi connectivity index (χ0n) is 9.68. The number of carbonyl (C=O) groups excluding carboxylic acids is 1. The molecule has 0 bridgehead atoms. The van der Waals surface area contributed by atoms with Gasteiger partial charge in [0.1, 0.15) is 5.75 Å². The Labute approximate surface area is 101 Å². The summed E-state index contributed by atoms with van der Waals surface area (Å²) in [7, 11) is 0. The van der Waals surface area contributed by atoms with Crippen LogP contribution in [0.4, 0.5) is 0 Å². The van der Waals surface area contributed by atoms with E-state index in [0.717, 1.165) is 11.1 Å². The Kier molecular flexibility index (Phi) is 3.24. The predicted molar refractivity (Wildman–Crippen MR) is 67.3 cm³/mol. The van der Waals surface area contributed by atoms with E-state index in [-0.39, 0.29) is 11.5 Å². The third-order valence-corrected chi connectivity index (χ3v) is 2.75. The summed E-state index contributed by atoms with van der Waals surface area (Å²) in [5.41, 5.74) is 2.08. The molecular formula is C15H14O2. The molecule has 0 saturated heterocycles. The van der Waals surface area contributed by atoms with E-state index >= 15 is 0 Å². The molecule has 0 aliphatic rings. The number of aromatic hydroxyl groups is 1. The second kappa shape index (κ2) is 4.83. The van der Waals surface area contributed by atoms with Crippen LogP contribution in [0.3, 0.4) is 0 Å². The molecule has 0 spiro atoms. The smallest absolute Gasteiger partial charge is 0.170 e. The molecule has 0 amide bonds. The van der Waals surface area contributed by atoms with Crippen LogP contribution in [0.15, 0.2) is 48.5 Å². The Morgan fingerprint density at radius 3 is 2.47 bits per heavy atom. The number of carbonyl (C=O) groups is 1. The van der Waals surface area contributed by atoms with Crippen molar-refractivity contribution in [3.63, 3.8) is 0 Å². The maximum atomic E-state index is 12.0. The molecule has 0 aliphatic carbocycles. The number of aryl methyl sites for hydroxylation is 1. The summed E-state index contributed by atoms with van der Waals surface area (Å²) in [6.45, 7) is 1.79. The van der Waals surface area contributed by atoms with Gasteiger partial charge in [0, 0.05) is 6.42 Å². The summed E-state index contributed by atoms with van der Waals surface area (Å²) in [5.74, 6) is 0.0332. The van der Waals surface area contributed by atoms with Crippen molar-refractivity contribution in [3.05, 3.63) is 65.2 Å². The molecule has 0 aliphatic heterocycles. The average Bonchev–Trinajstić information content (AvgIpc) is 2.34. The van der Waals surface area contributed by atoms with Gasteiger partial charge in [0.2, 0.25) is 0 Å². The third-order valence-electron chi connectivity index (χ3n) is 2.75. The molecule has 2 nitrogen and oxygen atoms in total. The number of hydrogen-bond donors (Lipinski definition) is 1. The highest BCUT2D eigenvalue weighted by atomic mass is 16.3. The van der Waals surface area contributed by atoms with E-state index in [0.29, 0.717) is 12.0 Å². The monoisotopic (exact) mass is 226 g/mol. The molecule has 0 radical (unpaired) electrons. The number of phenolic OH excluding ortho intramolecular Hbond substituents is 1. The summed E-state index contributed by atoms with van der Waals surface area (Å²) in [5, 5.41) is 9.83. The predicted octanol–water partition coefficient (Wildman–Crippen LogP) is 3.13. The highest BCUT2D eigenvalue weighted by Gasteiger charge is 2.12. The summed E-state index contributed by atoms with van der Waals surface area (Å²) in [6, 6.07) is 14.8. The molecule has 2 rings (SSSR count). The molecule has 2 aromatic carbocycles. The largest absolute Gasteiger partial charge is 0.507 e. The summed E-state index contributed by atoms with van der Waals surface area (Å²) >= 11 is 0. The molecule has 2 aromatic rings. The minimum absolute atomic E-state index is 0.0580. The van der Waals surface area contributed by atoms with E-state index in [4.69, 9.17) is 0 Å². The standard InChI is InChI=1S/C15H14O2/c1-11-6-5-9-13(15(11)17)14(16)10-12-7-3-2-4-8-12/h2-9,17H,10H2,1H3. The van der Waals surface area contributed by atoms with Crippen molar-refractivity contribution in [2.45, 2.75) is 13.3 Å². The second-order valence-corrected chi connectivity index (χ2v) is 4.06. The number of phenols is 1. The van der Waals surface area contributed by atoms with Gasteiger partial charge in [-0.3, -0.25) is 4.79 Å². The van der Waals surface area contributed by atoms with Gasteiger partial charge in [-0.25, -0.2) is 0 Å². The van der Waals surface area contributed by atoms with Gasteiger partial charge in [-0.05, 0) is 24.1 Å². The SMILES string of the molecule is Cc1cccc(C(=O)Cc2ccccc2)c1O. The van der Waals surface area contributed by atoms with Crippen molar-refractivity contribution in [1.82, 2.24) is 0 Å². The zero-order chi connectivity index (χ0) is 12.3. The second-order valence-electron chi connectivity index (χ2n) is 4.06. The van der Waals surface area contributed by atoms with Crippen molar-refractivity contribution < 1.29 is 9.90 Å². The fraction of sp³-hybridized carbons (Fsp3) is 0.133. The minimum Gasteiger partial charge on any atom is -0.507 e. The van der Waals surface area contributed by atoms with Gasteiger partial charge >= 0.3 is 0 Å². The van der Waals surface area contributed by atoms with Crippen LogP contribution in [0, 0.1) is 6.92 Å². The summed E-state index contributed by atoms with van der Waals surface area (Å²) < 4.78 is 0. The molecule has 0 unspecified atom stereocenters. The van der Waals surface area contributed by atoms with Gasteiger partial charge < -0.3 is 5.11 Å². The summed E-state index contributed by atoms with van der Waals surface area (Å²) in [4.78, 5) is 12.0. The Bertz CT molecular complexity index is 530. The molecular weight excluding hydrogens is 212 g/mol. The molecule has 86 valence electrons. The van der Waals surface area contributed by atoms with E-state index in [1.807, 2.05) is 30.3 Å². The lowest BCUT2D eigenvalue weighted by Gasteiger charge is -2.06. The lowest BCUT2D eigenvalue weighted by Crippen LogP contribution is -2.04. The van der Waals surface area contributed by atoms with Crippen LogP contribution in [-0.2, 0) is 6.42 Å². The first-order chi connectivity index (χ1) is 8.18. The first-order valence-electron chi connectivity index (χ1n) is 5.54. The first-order valence-corrected chi connectivity index (χ1v) is 5.54. The third kappa shape index (κ3) is 2.53. The molecule has 0 fully saturated rings. The molecule has 0 saturated carbocycles. The van der Waals surface area contributed by atoms with Gasteiger partial charge in [-0.1, -0.05) is 42.5 Å². The number of hydrogen-bond acceptors (Lipinski definition) is 2. The van der Waals surface area contributed by atoms with Crippen molar-refractivity contribution >= 4 is 5.78 Å². The molecule has 17 heavy (non-hydrogen) atoms. The summed E-state index contributed by atoms with van der Waals surface area (Å²) in [6.07, 6.45) is 0.317. The van der Waals surface area contributed by atoms with Crippen LogP contribution in [-0.4, -0.2) is 10.9 Å². The van der Waals surface area contributed by atoms with Crippen LogP contribution in [0.5, 0.6) is 5.75 Å². The first kappa shape index (κ1) is 11.4. The van der Waals surface area contributed by atoms with E-state index in [9.17, 15) is 9.90 Å². The highest BCUT2D eigenvalue weighted by Crippen LogP contribution is 2.22. The van der Waals surface area contributed by atoms with Gasteiger partial charge in [-0.15, -0.1) is 0 Å². The molecule has 0 atom stereocenters. The van der Waals surface area contributed by atoms with Crippen LogP contribution in [0.1, 0.15) is 21.5 Å². The van der Waals surface area contributed by atoms with Crippen molar-refractivity contribution in [2.75, 3.05) is 0 Å². The fourth-order valence-corrected chi connectivity index (χ4v) is 1.76. The highest BCUT2D eigenvalue weighted by molar-refractivity contribution is 6.00. The number of ketones is 1. The fourth-order valence-electron chi connectivity index (χ4n) is 1.76. The number of Topliss-reactive ketones (excluding diaryl/α,β-unsaturated/α-hetero) is 1. The van der Waals surface area contributed by atoms with Gasteiger partial charge in [-0.2, -0.15) is 0 Å². The number of para-hydroxylation sites is 1. The van der Waals surface area contributed by atoms with E-state index in [1.165, 1.54) is 0 Å². The Morgan fingerprint density at radius 2 is 1.76 bits per heavy atom. The molecule has 0 heterocycles. The topological polar surface area (TPSA) is 37.3 Å². The number of rotatable bonds is 3. The lowest BCUT2D eigenvalue weighted by molar-refractivity contribution is 0.0990. The average molecular weight is 226 g/mol. The maximum absolute atomic E-state index is 12.0. The quantitative estimate of drug-likeness (QED) is 0.816. The van der Waals surface area contributed by atoms with E-state index < -0.39 is 0 Å². The normalized spacial score (nSPS) is 10.2. The molecule has 1 N–H and O–H groups in total. The van der Waals surface area contributed by atoms with Crippen LogP contribution in [0.25, 0.3) is 0 Å². The van der Waals surface area contributed by atoms with Crippen LogP contribution in [0.2, 0.25) is 0 Å². The maximum Gasteiger partial charge on any atom is 0.170 e. The van der Waals surface area contributed by atoms with Crippen molar-refractivity contribution in [2.24, 2.45) is 0 Å². The Balaban J connectivity index is 2.24. The van der Waals surface area contributed by atoms with Gasteiger partial charge in [0.15, 0.2) is 5.78 Å². The van der Waals surface area contributed by atoms with Gasteiger partial charge in [0.25, 0.3) is 0 Å². The Hall–Kier alpha value is -2.09. The van der Waals surface area contributed by atoms with Crippen LogP contribution >= 0.6 is 0 Å². The van der Waals surface area contributed by atoms with Crippen molar-refractivity contribution in [3.8, 4) is 5.75 Å². The number of benzene rings is 2. The Morgan fingerprint density at radius 1 is 1.06 bits per heavy atom. The van der Waals surface area contributed by atoms with E-state index in [2.05, 4.69) is 0 Å².